The number of nitrogens with zero attached hydrogens (tertiary/aromatic N) is 3. The van der Waals surface area contributed by atoms with Crippen molar-refractivity contribution in [1.82, 2.24) is 10.1 Å². The van der Waals surface area contributed by atoms with E-state index in [1.165, 1.54) is 19.3 Å². The highest BCUT2D eigenvalue weighted by molar-refractivity contribution is 5.92. The zero-order chi connectivity index (χ0) is 18.7. The average Bonchev–Trinajstić information content (AvgIpc) is 3.26. The Bertz CT molecular complexity index is 1040. The fourth-order valence-corrected chi connectivity index (χ4v) is 2.44. The number of rotatable bonds is 4. The van der Waals surface area contributed by atoms with Gasteiger partial charge in [-0.3, -0.25) is 0 Å². The zero-order valence-electron chi connectivity index (χ0n) is 14.4. The van der Waals surface area contributed by atoms with Crippen LogP contribution in [0, 0.1) is 25.2 Å². The van der Waals surface area contributed by atoms with Gasteiger partial charge in [-0.25, -0.2) is 4.79 Å². The fraction of sp³-hybridized carbons (Fsp3) is 0.158. The highest BCUT2D eigenvalue weighted by atomic mass is 16.5. The van der Waals surface area contributed by atoms with E-state index in [4.69, 9.17) is 8.94 Å². The van der Waals surface area contributed by atoms with Crippen LogP contribution in [0.25, 0.3) is 23.0 Å². The maximum absolute atomic E-state index is 11.7. The van der Waals surface area contributed by atoms with Gasteiger partial charge in [-0.2, -0.15) is 10.2 Å². The molecule has 0 saturated heterocycles. The highest BCUT2D eigenvalue weighted by Crippen LogP contribution is 2.24. The average molecular weight is 349 g/mol. The molecule has 130 valence electrons. The van der Waals surface area contributed by atoms with Crippen molar-refractivity contribution in [3.05, 3.63) is 58.9 Å². The molecule has 0 fully saturated rings. The van der Waals surface area contributed by atoms with Crippen LogP contribution in [-0.2, 0) is 4.74 Å². The number of ether oxygens (including phenoxy) is 1. The lowest BCUT2D eigenvalue weighted by molar-refractivity contribution is 0.0599. The monoisotopic (exact) mass is 349 g/mol. The summed E-state index contributed by atoms with van der Waals surface area (Å²) in [4.78, 5) is 15.9. The first kappa shape index (κ1) is 17.2. The third-order valence-corrected chi connectivity index (χ3v) is 3.79. The molecule has 0 unspecified atom stereocenters. The highest BCUT2D eigenvalue weighted by Gasteiger charge is 2.18. The number of esters is 1. The molecule has 2 aromatic heterocycles. The van der Waals surface area contributed by atoms with Gasteiger partial charge in [0.1, 0.15) is 28.7 Å². The molecule has 2 heterocycles. The summed E-state index contributed by atoms with van der Waals surface area (Å²) in [6.07, 6.45) is 1.44. The molecule has 0 amide bonds. The van der Waals surface area contributed by atoms with Crippen molar-refractivity contribution in [3.8, 4) is 17.5 Å². The number of hydrogen-bond acceptors (Lipinski definition) is 7. The molecule has 0 aliphatic rings. The third kappa shape index (κ3) is 3.26. The first-order valence-electron chi connectivity index (χ1n) is 7.74. The Balaban J connectivity index is 1.96. The number of allylic oxidation sites excluding steroid dienone is 1. The molecule has 0 radical (unpaired) electrons. The smallest absolute Gasteiger partial charge is 0.341 e. The first-order chi connectivity index (χ1) is 12.5. The van der Waals surface area contributed by atoms with Crippen LogP contribution in [0.2, 0.25) is 0 Å². The van der Waals surface area contributed by atoms with Crippen LogP contribution in [-0.4, -0.2) is 23.2 Å². The Kier molecular flexibility index (Phi) is 4.67. The molecule has 7 heteroatoms. The lowest BCUT2D eigenvalue weighted by Gasteiger charge is -1.97. The van der Waals surface area contributed by atoms with Gasteiger partial charge in [-0.1, -0.05) is 29.4 Å². The number of nitriles is 1. The minimum Gasteiger partial charge on any atom is -0.465 e. The number of hydrogen-bond donors (Lipinski definition) is 0. The lowest BCUT2D eigenvalue weighted by atomic mass is 10.1. The van der Waals surface area contributed by atoms with Crippen molar-refractivity contribution in [2.75, 3.05) is 7.11 Å². The van der Waals surface area contributed by atoms with Crippen molar-refractivity contribution < 1.29 is 18.5 Å². The number of methoxy groups -OCH3 is 1. The maximum atomic E-state index is 11.7. The number of carbonyl (C=O) groups excluding carboxylic acids is 1. The molecule has 0 atom stereocenters. The van der Waals surface area contributed by atoms with Crippen LogP contribution in [0.5, 0.6) is 0 Å². The molecule has 7 nitrogen and oxygen atoms in total. The van der Waals surface area contributed by atoms with Crippen LogP contribution in [0.3, 0.4) is 0 Å². The summed E-state index contributed by atoms with van der Waals surface area (Å²) in [6, 6.07) is 11.1. The number of benzene rings is 1. The van der Waals surface area contributed by atoms with E-state index in [2.05, 4.69) is 14.9 Å². The van der Waals surface area contributed by atoms with Crippen molar-refractivity contribution >= 4 is 17.6 Å². The molecular weight excluding hydrogens is 334 g/mol. The van der Waals surface area contributed by atoms with Crippen molar-refractivity contribution in [3.63, 3.8) is 0 Å². The minimum atomic E-state index is -0.510. The van der Waals surface area contributed by atoms with E-state index in [0.717, 1.165) is 11.1 Å². The van der Waals surface area contributed by atoms with Gasteiger partial charge in [0.25, 0.3) is 5.89 Å². The predicted octanol–water partition coefficient (Wildman–Crippen LogP) is 3.80. The quantitative estimate of drug-likeness (QED) is 0.521. The summed E-state index contributed by atoms with van der Waals surface area (Å²) in [5.74, 6) is 0.662. The summed E-state index contributed by atoms with van der Waals surface area (Å²) in [7, 11) is 1.29. The van der Waals surface area contributed by atoms with Gasteiger partial charge in [0.15, 0.2) is 0 Å². The summed E-state index contributed by atoms with van der Waals surface area (Å²) >= 11 is 0. The second-order valence-electron chi connectivity index (χ2n) is 5.52. The van der Waals surface area contributed by atoms with Gasteiger partial charge >= 0.3 is 5.97 Å². The second kappa shape index (κ2) is 7.07. The maximum Gasteiger partial charge on any atom is 0.341 e. The number of furan rings is 1. The Hall–Kier alpha value is -3.66. The van der Waals surface area contributed by atoms with Crippen molar-refractivity contribution in [1.29, 1.82) is 5.26 Å². The van der Waals surface area contributed by atoms with E-state index in [-0.39, 0.29) is 11.5 Å². The third-order valence-electron chi connectivity index (χ3n) is 3.79. The second-order valence-corrected chi connectivity index (χ2v) is 5.52. The molecule has 0 spiro atoms. The summed E-state index contributed by atoms with van der Waals surface area (Å²) in [5, 5.41) is 13.4. The predicted molar refractivity (Wildman–Crippen MR) is 92.7 cm³/mol. The van der Waals surface area contributed by atoms with Crippen LogP contribution >= 0.6 is 0 Å². The van der Waals surface area contributed by atoms with Gasteiger partial charge in [0.05, 0.1) is 7.11 Å². The molecule has 0 aliphatic carbocycles. The standard InChI is InChI=1S/C19H15N3O4/c1-11-6-4-5-7-15(11)17-21-18(26-22-17)13(10-20)8-14-9-16(12(2)25-14)19(23)24-3/h4-9H,1-3H3/b13-8+. The van der Waals surface area contributed by atoms with E-state index >= 15 is 0 Å². The summed E-state index contributed by atoms with van der Waals surface area (Å²) in [6.45, 7) is 3.57. The molecule has 0 saturated carbocycles. The summed E-state index contributed by atoms with van der Waals surface area (Å²) in [5.41, 5.74) is 2.23. The SMILES string of the molecule is COC(=O)c1cc(/C=C(\C#N)c2nc(-c3ccccc3C)no2)oc1C. The van der Waals surface area contributed by atoms with Gasteiger partial charge < -0.3 is 13.7 Å². The van der Waals surface area contributed by atoms with Crippen LogP contribution in [0.1, 0.15) is 33.3 Å². The normalized spacial score (nSPS) is 11.2. The van der Waals surface area contributed by atoms with Crippen LogP contribution in [0.4, 0.5) is 0 Å². The molecule has 26 heavy (non-hydrogen) atoms. The van der Waals surface area contributed by atoms with E-state index in [1.54, 1.807) is 6.92 Å². The van der Waals surface area contributed by atoms with Crippen LogP contribution in [0.15, 0.2) is 39.3 Å². The van der Waals surface area contributed by atoms with Crippen LogP contribution < -0.4 is 0 Å². The Morgan fingerprint density at radius 3 is 2.77 bits per heavy atom. The summed E-state index contributed by atoms with van der Waals surface area (Å²) < 4.78 is 15.4. The molecule has 3 rings (SSSR count). The molecule has 0 N–H and O–H groups in total. The van der Waals surface area contributed by atoms with Gasteiger partial charge in [-0.05, 0) is 25.5 Å². The Labute approximate surface area is 149 Å². The van der Waals surface area contributed by atoms with E-state index in [1.807, 2.05) is 37.3 Å². The topological polar surface area (TPSA) is 102 Å². The molecule has 0 bridgehead atoms. The molecule has 0 aliphatic heterocycles. The van der Waals surface area contributed by atoms with Gasteiger partial charge in [0.2, 0.25) is 5.82 Å². The molecule has 3 aromatic rings. The minimum absolute atomic E-state index is 0.0689. The molecular formula is C19H15N3O4. The van der Waals surface area contributed by atoms with E-state index < -0.39 is 5.97 Å². The Morgan fingerprint density at radius 2 is 2.08 bits per heavy atom. The first-order valence-corrected chi connectivity index (χ1v) is 7.74. The number of aromatic nitrogens is 2. The number of aryl methyl sites for hydroxylation is 2. The van der Waals surface area contributed by atoms with E-state index in [0.29, 0.717) is 22.9 Å². The number of carbonyl (C=O) groups is 1. The van der Waals surface area contributed by atoms with Gasteiger partial charge in [0, 0.05) is 11.6 Å². The van der Waals surface area contributed by atoms with Gasteiger partial charge in [-0.15, -0.1) is 0 Å². The van der Waals surface area contributed by atoms with Crippen molar-refractivity contribution in [2.24, 2.45) is 0 Å². The lowest BCUT2D eigenvalue weighted by Crippen LogP contribution is -2.00. The van der Waals surface area contributed by atoms with Crippen molar-refractivity contribution in [2.45, 2.75) is 13.8 Å². The zero-order valence-corrected chi connectivity index (χ0v) is 14.4. The van der Waals surface area contributed by atoms with E-state index in [9.17, 15) is 10.1 Å². The molecule has 1 aromatic carbocycles. The Morgan fingerprint density at radius 1 is 1.31 bits per heavy atom. The largest absolute Gasteiger partial charge is 0.465 e. The fourth-order valence-electron chi connectivity index (χ4n) is 2.44.